The number of hydrogen-bond acceptors (Lipinski definition) is 8. The molecule has 1 saturated heterocycles. The number of carbonyl (C=O) groups is 1. The number of benzene rings is 3. The molecule has 0 bridgehead atoms. The Hall–Kier alpha value is -3.57. The highest BCUT2D eigenvalue weighted by Gasteiger charge is 2.33. The molecule has 3 aliphatic rings. The fourth-order valence-corrected chi connectivity index (χ4v) is 6.17. The van der Waals surface area contributed by atoms with Crippen LogP contribution in [0.4, 0.5) is 0 Å². The maximum absolute atomic E-state index is 14.1. The molecule has 0 radical (unpaired) electrons. The van der Waals surface area contributed by atoms with Gasteiger partial charge in [-0.15, -0.1) is 0 Å². The van der Waals surface area contributed by atoms with E-state index in [-0.39, 0.29) is 24.2 Å². The highest BCUT2D eigenvalue weighted by atomic mass is 16.7. The zero-order valence-corrected chi connectivity index (χ0v) is 26.2. The van der Waals surface area contributed by atoms with Crippen LogP contribution in [0.3, 0.4) is 0 Å². The third kappa shape index (κ3) is 8.22. The summed E-state index contributed by atoms with van der Waals surface area (Å²) in [6, 6.07) is 22.6. The summed E-state index contributed by atoms with van der Waals surface area (Å²) in [5, 5.41) is 9.42. The van der Waals surface area contributed by atoms with Crippen LogP contribution >= 0.6 is 0 Å². The standard InChI is InChI=1S/C37H43NO8/c39-25-27-8-10-28(11-9-27)26-45-36-24-30(32-6-3-7-33-31-5-2-1-4-29(31)22-34(32)33)23-35(46-36)37(40)38-12-14-41-16-18-43-20-21-44-19-17-42-15-13-38/h1-11,23,30,36,39H,12-22,24-26H2. The lowest BCUT2D eigenvalue weighted by Crippen LogP contribution is -2.40. The normalized spacial score (nSPS) is 21.2. The zero-order chi connectivity index (χ0) is 31.6. The lowest BCUT2D eigenvalue weighted by Gasteiger charge is -2.32. The van der Waals surface area contributed by atoms with Gasteiger partial charge in [0, 0.05) is 25.4 Å². The molecule has 1 fully saturated rings. The molecule has 1 amide bonds. The monoisotopic (exact) mass is 629 g/mol. The maximum atomic E-state index is 14.1. The first-order valence-corrected chi connectivity index (χ1v) is 16.2. The van der Waals surface area contributed by atoms with Gasteiger partial charge in [0.05, 0.1) is 66.1 Å². The summed E-state index contributed by atoms with van der Waals surface area (Å²) in [5.74, 6) is -0.0240. The average Bonchev–Trinajstić information content (AvgIpc) is 3.48. The number of amides is 1. The number of allylic oxidation sites excluding steroid dienone is 1. The van der Waals surface area contributed by atoms with E-state index in [9.17, 15) is 9.90 Å². The smallest absolute Gasteiger partial charge is 0.288 e. The number of aliphatic hydroxyl groups is 1. The number of nitrogens with zero attached hydrogens (tertiary/aromatic N) is 1. The van der Waals surface area contributed by atoms with Crippen LogP contribution in [0.1, 0.15) is 40.2 Å². The Morgan fingerprint density at radius 2 is 1.39 bits per heavy atom. The van der Waals surface area contributed by atoms with E-state index in [1.54, 1.807) is 4.90 Å². The summed E-state index contributed by atoms with van der Waals surface area (Å²) in [6.45, 7) is 4.67. The van der Waals surface area contributed by atoms with Crippen LogP contribution in [-0.2, 0) is 52.9 Å². The van der Waals surface area contributed by atoms with Gasteiger partial charge in [-0.1, -0.05) is 66.7 Å². The van der Waals surface area contributed by atoms with Crippen LogP contribution in [0, 0.1) is 0 Å². The fourth-order valence-electron chi connectivity index (χ4n) is 6.17. The van der Waals surface area contributed by atoms with Gasteiger partial charge in [-0.3, -0.25) is 4.79 Å². The predicted molar refractivity (Wildman–Crippen MR) is 172 cm³/mol. The molecular formula is C37H43NO8. The van der Waals surface area contributed by atoms with E-state index in [1.807, 2.05) is 30.3 Å². The van der Waals surface area contributed by atoms with E-state index in [2.05, 4.69) is 42.5 Å². The summed E-state index contributed by atoms with van der Waals surface area (Å²) in [6.07, 6.45) is 2.77. The summed E-state index contributed by atoms with van der Waals surface area (Å²) < 4.78 is 35.3. The van der Waals surface area contributed by atoms with Crippen LogP contribution in [0.2, 0.25) is 0 Å². The van der Waals surface area contributed by atoms with E-state index < -0.39 is 6.29 Å². The van der Waals surface area contributed by atoms with Crippen LogP contribution in [0.15, 0.2) is 78.6 Å². The Kier molecular flexibility index (Phi) is 11.5. The maximum Gasteiger partial charge on any atom is 0.288 e. The Balaban J connectivity index is 1.23. The van der Waals surface area contributed by atoms with Gasteiger partial charge >= 0.3 is 0 Å². The van der Waals surface area contributed by atoms with E-state index in [1.165, 1.54) is 27.8 Å². The van der Waals surface area contributed by atoms with Gasteiger partial charge in [-0.25, -0.2) is 0 Å². The van der Waals surface area contributed by atoms with Crippen molar-refractivity contribution in [2.45, 2.75) is 38.3 Å². The molecule has 0 saturated carbocycles. The van der Waals surface area contributed by atoms with Crippen LogP contribution in [0.25, 0.3) is 11.1 Å². The first-order valence-electron chi connectivity index (χ1n) is 16.2. The van der Waals surface area contributed by atoms with Gasteiger partial charge in [0.25, 0.3) is 5.91 Å². The summed E-state index contributed by atoms with van der Waals surface area (Å²) in [4.78, 5) is 15.8. The highest BCUT2D eigenvalue weighted by Crippen LogP contribution is 2.43. The van der Waals surface area contributed by atoms with E-state index in [0.717, 1.165) is 17.5 Å². The number of ether oxygens (including phenoxy) is 6. The quantitative estimate of drug-likeness (QED) is 0.331. The molecular weight excluding hydrogens is 586 g/mol. The van der Waals surface area contributed by atoms with E-state index in [4.69, 9.17) is 28.4 Å². The number of aliphatic hydroxyl groups excluding tert-OH is 1. The molecule has 9 nitrogen and oxygen atoms in total. The summed E-state index contributed by atoms with van der Waals surface area (Å²) in [5.41, 5.74) is 8.11. The first-order chi connectivity index (χ1) is 22.7. The molecule has 2 atom stereocenters. The molecule has 6 rings (SSSR count). The third-order valence-corrected chi connectivity index (χ3v) is 8.61. The third-order valence-electron chi connectivity index (χ3n) is 8.61. The van der Waals surface area contributed by atoms with Crippen LogP contribution in [-0.4, -0.2) is 88.1 Å². The van der Waals surface area contributed by atoms with Crippen molar-refractivity contribution in [1.82, 2.24) is 4.90 Å². The van der Waals surface area contributed by atoms with E-state index in [0.29, 0.717) is 79.0 Å². The van der Waals surface area contributed by atoms with Crippen LogP contribution in [0.5, 0.6) is 0 Å². The van der Waals surface area contributed by atoms with Gasteiger partial charge in [-0.05, 0) is 51.4 Å². The second-order valence-electron chi connectivity index (χ2n) is 11.7. The molecule has 2 aliphatic heterocycles. The van der Waals surface area contributed by atoms with Crippen molar-refractivity contribution in [2.24, 2.45) is 0 Å². The molecule has 3 aromatic rings. The van der Waals surface area contributed by atoms with Crippen molar-refractivity contribution in [3.8, 4) is 11.1 Å². The number of fused-ring (bicyclic) bond motifs is 3. The van der Waals surface area contributed by atoms with Crippen molar-refractivity contribution < 1.29 is 38.3 Å². The predicted octanol–water partition coefficient (Wildman–Crippen LogP) is 4.59. The molecule has 0 aromatic heterocycles. The van der Waals surface area contributed by atoms with Gasteiger partial charge in [0.1, 0.15) is 0 Å². The fraction of sp³-hybridized carbons (Fsp3) is 0.432. The summed E-state index contributed by atoms with van der Waals surface area (Å²) >= 11 is 0. The highest BCUT2D eigenvalue weighted by molar-refractivity contribution is 5.92. The summed E-state index contributed by atoms with van der Waals surface area (Å²) in [7, 11) is 0. The van der Waals surface area contributed by atoms with Gasteiger partial charge in [-0.2, -0.15) is 0 Å². The minimum absolute atomic E-state index is 0.00970. The second-order valence-corrected chi connectivity index (χ2v) is 11.7. The SMILES string of the molecule is O=C(C1=CC(c2cccc3c2Cc2ccccc2-3)CC(OCc2ccc(CO)cc2)O1)N1CCOCCOCCOCCOCC1. The molecule has 0 spiro atoms. The van der Waals surface area contributed by atoms with Crippen molar-refractivity contribution in [1.29, 1.82) is 0 Å². The minimum atomic E-state index is -0.628. The molecule has 244 valence electrons. The Bertz CT molecular complexity index is 1460. The van der Waals surface area contributed by atoms with Gasteiger partial charge < -0.3 is 38.4 Å². The van der Waals surface area contributed by atoms with E-state index >= 15 is 0 Å². The lowest BCUT2D eigenvalue weighted by atomic mass is 9.87. The first kappa shape index (κ1) is 32.4. The number of rotatable bonds is 6. The lowest BCUT2D eigenvalue weighted by molar-refractivity contribution is -0.156. The number of hydrogen-bond donors (Lipinski definition) is 1. The average molecular weight is 630 g/mol. The topological polar surface area (TPSA) is 95.9 Å². The van der Waals surface area contributed by atoms with Gasteiger partial charge in [0.15, 0.2) is 5.76 Å². The van der Waals surface area contributed by atoms with Crippen molar-refractivity contribution >= 4 is 5.91 Å². The Morgan fingerprint density at radius 1 is 0.761 bits per heavy atom. The molecule has 46 heavy (non-hydrogen) atoms. The second kappa shape index (κ2) is 16.3. The molecule has 2 heterocycles. The molecule has 1 aliphatic carbocycles. The molecule has 9 heteroatoms. The van der Waals surface area contributed by atoms with Gasteiger partial charge in [0.2, 0.25) is 6.29 Å². The Morgan fingerprint density at radius 3 is 2.09 bits per heavy atom. The number of carbonyl (C=O) groups excluding carboxylic acids is 1. The molecule has 3 aromatic carbocycles. The van der Waals surface area contributed by atoms with Crippen molar-refractivity contribution in [3.63, 3.8) is 0 Å². The zero-order valence-electron chi connectivity index (χ0n) is 26.2. The molecule has 2 unspecified atom stereocenters. The van der Waals surface area contributed by atoms with Crippen LogP contribution < -0.4 is 0 Å². The van der Waals surface area contributed by atoms with Crippen molar-refractivity contribution in [2.75, 3.05) is 65.9 Å². The molecule has 1 N–H and O–H groups in total. The largest absolute Gasteiger partial charge is 0.459 e. The minimum Gasteiger partial charge on any atom is -0.459 e. The Labute approximate surface area is 270 Å². The van der Waals surface area contributed by atoms with Crippen molar-refractivity contribution in [3.05, 3.63) is 106 Å².